The van der Waals surface area contributed by atoms with Crippen LogP contribution in [0.25, 0.3) is 0 Å². The van der Waals surface area contributed by atoms with Gasteiger partial charge < -0.3 is 24.3 Å². The third-order valence-electron chi connectivity index (χ3n) is 11.4. The van der Waals surface area contributed by atoms with Crippen molar-refractivity contribution in [3.8, 4) is 0 Å². The molecular weight excluding hydrogens is 759 g/mol. The van der Waals surface area contributed by atoms with Crippen LogP contribution in [-0.2, 0) is 42.9 Å². The first-order valence-electron chi connectivity index (χ1n) is 25.0. The fourth-order valence-electron chi connectivity index (χ4n) is 8.05. The highest BCUT2D eigenvalue weighted by molar-refractivity contribution is 5.76. The molecule has 0 rings (SSSR count). The molecule has 0 aromatic carbocycles. The molecule has 1 N–H and O–H groups in total. The van der Waals surface area contributed by atoms with Crippen LogP contribution in [0, 0.1) is 0 Å². The molecule has 0 aliphatic rings. The van der Waals surface area contributed by atoms with Crippen LogP contribution in [0.15, 0.2) is 0 Å². The molecule has 0 bridgehead atoms. The summed E-state index contributed by atoms with van der Waals surface area (Å²) in [6, 6.07) is -1.04. The number of esters is 4. The smallest absolute Gasteiger partial charge is 0.303 e. The highest BCUT2D eigenvalue weighted by atomic mass is 16.6. The van der Waals surface area contributed by atoms with E-state index in [0.717, 1.165) is 38.5 Å². The van der Waals surface area contributed by atoms with Gasteiger partial charge in [-0.3, -0.25) is 24.0 Å². The van der Waals surface area contributed by atoms with E-state index in [1.54, 1.807) is 0 Å². The maximum Gasteiger partial charge on any atom is 0.303 e. The summed E-state index contributed by atoms with van der Waals surface area (Å²) in [5, 5.41) is 2.89. The third-order valence-corrected chi connectivity index (χ3v) is 11.4. The van der Waals surface area contributed by atoms with Crippen LogP contribution in [0.4, 0.5) is 0 Å². The predicted octanol–water partition coefficient (Wildman–Crippen LogP) is 13.1. The molecule has 0 aliphatic heterocycles. The lowest BCUT2D eigenvalue weighted by Crippen LogP contribution is -2.57. The van der Waals surface area contributed by atoms with Crippen molar-refractivity contribution in [2.45, 2.75) is 284 Å². The van der Waals surface area contributed by atoms with Crippen molar-refractivity contribution < 1.29 is 42.9 Å². The first-order valence-corrected chi connectivity index (χ1v) is 25.0. The molecule has 0 aliphatic carbocycles. The molecule has 60 heavy (non-hydrogen) atoms. The Bertz CT molecular complexity index is 1070. The quantitative estimate of drug-likeness (QED) is 0.0361. The number of carbonyl (C=O) groups is 5. The lowest BCUT2D eigenvalue weighted by molar-refractivity contribution is -0.188. The molecule has 0 saturated heterocycles. The van der Waals surface area contributed by atoms with E-state index in [1.807, 2.05) is 0 Å². The van der Waals surface area contributed by atoms with Crippen molar-refractivity contribution in [1.82, 2.24) is 5.32 Å². The van der Waals surface area contributed by atoms with E-state index in [1.165, 1.54) is 182 Å². The average Bonchev–Trinajstić information content (AvgIpc) is 3.19. The molecular formula is C50H93NO9. The zero-order chi connectivity index (χ0) is 44.5. The molecule has 4 unspecified atom stereocenters. The standard InChI is InChI=1S/C50H93NO9/c1-7-9-11-13-15-17-19-21-23-24-26-27-29-31-33-35-37-39-47(58-43(4)53)50(60-45(6)55)49(59-44(5)54)46(41-57-42(3)52)51-48(56)40-38-36-34-32-30-28-25-22-20-18-16-14-12-10-8-2/h46-47,49-50H,7-41H2,1-6H3,(H,51,56). The first-order chi connectivity index (χ1) is 29.0. The molecule has 0 radical (unpaired) electrons. The molecule has 10 nitrogen and oxygen atoms in total. The van der Waals surface area contributed by atoms with Crippen LogP contribution in [-0.4, -0.2) is 60.7 Å². The second kappa shape index (κ2) is 41.7. The SMILES string of the molecule is CCCCCCCCCCCCCCCCCCCC(OC(C)=O)C(OC(C)=O)C(OC(C)=O)C(COC(C)=O)NC(=O)CCCCCCCCCCCCCCCCC. The van der Waals surface area contributed by atoms with Crippen molar-refractivity contribution in [2.75, 3.05) is 6.61 Å². The van der Waals surface area contributed by atoms with Crippen LogP contribution >= 0.6 is 0 Å². The summed E-state index contributed by atoms with van der Waals surface area (Å²) in [4.78, 5) is 62.5. The maximum absolute atomic E-state index is 13.3. The number of unbranched alkanes of at least 4 members (excludes halogenated alkanes) is 30. The van der Waals surface area contributed by atoms with Crippen molar-refractivity contribution >= 4 is 29.8 Å². The van der Waals surface area contributed by atoms with Crippen LogP contribution < -0.4 is 5.32 Å². The van der Waals surface area contributed by atoms with Crippen molar-refractivity contribution in [2.24, 2.45) is 0 Å². The second-order valence-corrected chi connectivity index (χ2v) is 17.4. The zero-order valence-corrected chi connectivity index (χ0v) is 39.7. The number of nitrogens with one attached hydrogen (secondary N) is 1. The van der Waals surface area contributed by atoms with Gasteiger partial charge in [0.2, 0.25) is 5.91 Å². The molecule has 0 saturated carbocycles. The average molecular weight is 852 g/mol. The van der Waals surface area contributed by atoms with Gasteiger partial charge in [0.05, 0.1) is 0 Å². The van der Waals surface area contributed by atoms with Crippen LogP contribution in [0.1, 0.15) is 260 Å². The Morgan fingerprint density at radius 1 is 0.383 bits per heavy atom. The number of carbonyl (C=O) groups excluding carboxylic acids is 5. The van der Waals surface area contributed by atoms with Gasteiger partial charge in [-0.15, -0.1) is 0 Å². The van der Waals surface area contributed by atoms with Crippen molar-refractivity contribution in [3.05, 3.63) is 0 Å². The fraction of sp³-hybridized carbons (Fsp3) is 0.900. The summed E-state index contributed by atoms with van der Waals surface area (Å²) in [6.07, 6.45) is 36.4. The first kappa shape index (κ1) is 57.3. The molecule has 0 aromatic rings. The minimum atomic E-state index is -1.27. The maximum atomic E-state index is 13.3. The molecule has 1 amide bonds. The summed E-state index contributed by atoms with van der Waals surface area (Å²) in [5.41, 5.74) is 0. The fourth-order valence-corrected chi connectivity index (χ4v) is 8.05. The number of rotatable bonds is 43. The minimum Gasteiger partial charge on any atom is -0.464 e. The summed E-state index contributed by atoms with van der Waals surface area (Å²) in [7, 11) is 0. The number of hydrogen-bond donors (Lipinski definition) is 1. The normalized spacial score (nSPS) is 13.2. The zero-order valence-electron chi connectivity index (χ0n) is 39.7. The topological polar surface area (TPSA) is 134 Å². The van der Waals surface area contributed by atoms with E-state index >= 15 is 0 Å². The third kappa shape index (κ3) is 37.1. The molecule has 0 fully saturated rings. The number of hydrogen-bond acceptors (Lipinski definition) is 9. The van der Waals surface area contributed by atoms with Gasteiger partial charge >= 0.3 is 23.9 Å². The molecule has 0 spiro atoms. The van der Waals surface area contributed by atoms with Crippen LogP contribution in [0.5, 0.6) is 0 Å². The van der Waals surface area contributed by atoms with E-state index in [-0.39, 0.29) is 18.9 Å². The molecule has 0 aromatic heterocycles. The van der Waals surface area contributed by atoms with E-state index in [0.29, 0.717) is 19.3 Å². The summed E-state index contributed by atoms with van der Waals surface area (Å²) in [6.45, 7) is 9.17. The Morgan fingerprint density at radius 3 is 1.03 bits per heavy atom. The molecule has 4 atom stereocenters. The van der Waals surface area contributed by atoms with Crippen molar-refractivity contribution in [1.29, 1.82) is 0 Å². The van der Waals surface area contributed by atoms with Gasteiger partial charge in [0.25, 0.3) is 0 Å². The van der Waals surface area contributed by atoms with Gasteiger partial charge in [-0.25, -0.2) is 0 Å². The van der Waals surface area contributed by atoms with Crippen molar-refractivity contribution in [3.63, 3.8) is 0 Å². The molecule has 10 heteroatoms. The Morgan fingerprint density at radius 2 is 0.700 bits per heavy atom. The monoisotopic (exact) mass is 852 g/mol. The van der Waals surface area contributed by atoms with E-state index in [9.17, 15) is 24.0 Å². The largest absolute Gasteiger partial charge is 0.464 e. The Kier molecular flexibility index (Phi) is 39.8. The Balaban J connectivity index is 5.03. The highest BCUT2D eigenvalue weighted by Crippen LogP contribution is 2.23. The van der Waals surface area contributed by atoms with Gasteiger partial charge in [0.1, 0.15) is 18.8 Å². The predicted molar refractivity (Wildman–Crippen MR) is 244 cm³/mol. The lowest BCUT2D eigenvalue weighted by atomic mass is 9.95. The highest BCUT2D eigenvalue weighted by Gasteiger charge is 2.42. The van der Waals surface area contributed by atoms with E-state index in [2.05, 4.69) is 19.2 Å². The molecule has 352 valence electrons. The second-order valence-electron chi connectivity index (χ2n) is 17.4. The van der Waals surface area contributed by atoms with Gasteiger partial charge in [0.15, 0.2) is 12.2 Å². The Labute approximate surface area is 367 Å². The minimum absolute atomic E-state index is 0.243. The molecule has 0 heterocycles. The van der Waals surface area contributed by atoms with Crippen LogP contribution in [0.3, 0.4) is 0 Å². The summed E-state index contributed by atoms with van der Waals surface area (Å²) >= 11 is 0. The number of ether oxygens (including phenoxy) is 4. The summed E-state index contributed by atoms with van der Waals surface area (Å²) < 4.78 is 22.5. The Hall–Kier alpha value is -2.65. The van der Waals surface area contributed by atoms with Gasteiger partial charge in [-0.05, 0) is 19.3 Å². The van der Waals surface area contributed by atoms with Gasteiger partial charge in [-0.1, -0.05) is 206 Å². The van der Waals surface area contributed by atoms with Gasteiger partial charge in [-0.2, -0.15) is 0 Å². The lowest BCUT2D eigenvalue weighted by Gasteiger charge is -2.36. The van der Waals surface area contributed by atoms with Gasteiger partial charge in [0, 0.05) is 34.1 Å². The van der Waals surface area contributed by atoms with Crippen LogP contribution in [0.2, 0.25) is 0 Å². The van der Waals surface area contributed by atoms with E-state index in [4.69, 9.17) is 18.9 Å². The van der Waals surface area contributed by atoms with E-state index < -0.39 is 48.2 Å². The number of amides is 1. The summed E-state index contributed by atoms with van der Waals surface area (Å²) in [5.74, 6) is -2.78.